The van der Waals surface area contributed by atoms with Gasteiger partial charge >= 0.3 is 5.97 Å². The third kappa shape index (κ3) is 3.07. The molecule has 1 saturated carbocycles. The highest BCUT2D eigenvalue weighted by Crippen LogP contribution is 2.60. The quantitative estimate of drug-likeness (QED) is 0.322. The molecule has 4 heterocycles. The monoisotopic (exact) mass is 378 g/mol. The largest absolute Gasteiger partial charge is 0.432 e. The minimum atomic E-state index is -0.821. The van der Waals surface area contributed by atoms with Crippen molar-refractivity contribution in [2.45, 2.75) is 77.3 Å². The summed E-state index contributed by atoms with van der Waals surface area (Å²) < 4.78 is 18.1. The molecule has 5 aliphatic rings. The summed E-state index contributed by atoms with van der Waals surface area (Å²) in [7, 11) is 0. The van der Waals surface area contributed by atoms with Crippen LogP contribution in [-0.4, -0.2) is 29.9 Å². The molecule has 0 N–H and O–H groups in total. The van der Waals surface area contributed by atoms with Gasteiger partial charge in [0.05, 0.1) is 0 Å². The van der Waals surface area contributed by atoms with Crippen molar-refractivity contribution in [1.82, 2.24) is 0 Å². The summed E-state index contributed by atoms with van der Waals surface area (Å²) in [6.07, 6.45) is 9.31. The highest BCUT2D eigenvalue weighted by molar-refractivity contribution is 5.82. The predicted octanol–water partition coefficient (Wildman–Crippen LogP) is 3.87. The van der Waals surface area contributed by atoms with Crippen molar-refractivity contribution in [1.29, 1.82) is 0 Å². The van der Waals surface area contributed by atoms with Gasteiger partial charge in [0, 0.05) is 24.3 Å². The maximum absolute atomic E-state index is 12.2. The molecule has 0 aromatic rings. The van der Waals surface area contributed by atoms with E-state index in [9.17, 15) is 4.79 Å². The van der Waals surface area contributed by atoms with E-state index >= 15 is 0 Å². The zero-order valence-corrected chi connectivity index (χ0v) is 16.6. The molecule has 6 heteroatoms. The fraction of sp³-hybridized carbons (Fsp3) is 0.762. The number of carbonyl (C=O) groups is 1. The summed E-state index contributed by atoms with van der Waals surface area (Å²) in [4.78, 5) is 24.0. The van der Waals surface area contributed by atoms with Crippen LogP contribution in [0.4, 0.5) is 0 Å². The zero-order chi connectivity index (χ0) is 19.2. The third-order valence-electron chi connectivity index (χ3n) is 6.87. The molecular formula is C21H30O6. The van der Waals surface area contributed by atoms with E-state index in [1.807, 2.05) is 19.9 Å². The van der Waals surface area contributed by atoms with Gasteiger partial charge in [0.1, 0.15) is 0 Å². The van der Waals surface area contributed by atoms with Gasteiger partial charge in [-0.3, -0.25) is 0 Å². The molecule has 0 aromatic carbocycles. The number of ether oxygens (including phenoxy) is 3. The van der Waals surface area contributed by atoms with Crippen LogP contribution in [0.1, 0.15) is 53.4 Å². The Morgan fingerprint density at radius 1 is 1.11 bits per heavy atom. The molecule has 6 nitrogen and oxygen atoms in total. The molecular weight excluding hydrogens is 348 g/mol. The maximum atomic E-state index is 12.2. The van der Waals surface area contributed by atoms with Gasteiger partial charge in [0.15, 0.2) is 11.9 Å². The lowest BCUT2D eigenvalue weighted by Crippen LogP contribution is -2.70. The van der Waals surface area contributed by atoms with E-state index in [-0.39, 0.29) is 11.8 Å². The molecule has 1 spiro atoms. The van der Waals surface area contributed by atoms with E-state index in [1.165, 1.54) is 6.08 Å². The van der Waals surface area contributed by atoms with Crippen molar-refractivity contribution in [3.05, 3.63) is 24.3 Å². The van der Waals surface area contributed by atoms with Crippen LogP contribution in [0.2, 0.25) is 0 Å². The first-order valence-corrected chi connectivity index (χ1v) is 10.1. The van der Waals surface area contributed by atoms with Gasteiger partial charge in [-0.25, -0.2) is 14.6 Å². The summed E-state index contributed by atoms with van der Waals surface area (Å²) >= 11 is 0. The molecule has 0 aromatic heterocycles. The van der Waals surface area contributed by atoms with Crippen LogP contribution in [0.5, 0.6) is 0 Å². The Balaban J connectivity index is 1.61. The molecule has 0 radical (unpaired) electrons. The van der Waals surface area contributed by atoms with E-state index < -0.39 is 29.9 Å². The second-order valence-electron chi connectivity index (χ2n) is 8.60. The highest BCUT2D eigenvalue weighted by Gasteiger charge is 2.69. The summed E-state index contributed by atoms with van der Waals surface area (Å²) in [5, 5.41) is 0. The fourth-order valence-corrected chi connectivity index (χ4v) is 5.41. The smallest absolute Gasteiger partial charge is 0.333 e. The Morgan fingerprint density at radius 3 is 2.70 bits per heavy atom. The Morgan fingerprint density at radius 2 is 1.93 bits per heavy atom. The molecule has 5 rings (SSSR count). The molecule has 4 saturated heterocycles. The van der Waals surface area contributed by atoms with Crippen LogP contribution >= 0.6 is 0 Å². The first-order chi connectivity index (χ1) is 12.9. The summed E-state index contributed by atoms with van der Waals surface area (Å²) in [5.74, 6) is -0.279. The van der Waals surface area contributed by atoms with Crippen LogP contribution in [-0.2, 0) is 28.8 Å². The van der Waals surface area contributed by atoms with Crippen molar-refractivity contribution in [2.24, 2.45) is 23.7 Å². The standard InChI is InChI=1S/C21H30O6/c1-5-6-7-8-17(22)23-18-14(3)16-10-9-13(2)15-11-12-20(4)25-19(24-18)21(15,16)27-26-20/h5-8,13-16,18-19H,9-12H2,1-4H3/b6-5+,8-7+/t13?,14-,15+,16?,18-,19?,20-,21-/m1/s1. The zero-order valence-electron chi connectivity index (χ0n) is 16.6. The van der Waals surface area contributed by atoms with Gasteiger partial charge in [0.25, 0.3) is 0 Å². The average Bonchev–Trinajstić information content (AvgIpc) is 2.86. The van der Waals surface area contributed by atoms with Crippen molar-refractivity contribution >= 4 is 5.97 Å². The van der Waals surface area contributed by atoms with Gasteiger partial charge in [0.2, 0.25) is 12.1 Å². The normalized spacial score (nSPS) is 49.2. The summed E-state index contributed by atoms with van der Waals surface area (Å²) in [5.41, 5.74) is -0.628. The van der Waals surface area contributed by atoms with Crippen LogP contribution in [0.3, 0.4) is 0 Å². The molecule has 8 atom stereocenters. The lowest BCUT2D eigenvalue weighted by molar-refractivity contribution is -0.576. The molecule has 1 aliphatic carbocycles. The second-order valence-corrected chi connectivity index (χ2v) is 8.60. The van der Waals surface area contributed by atoms with Crippen LogP contribution in [0.15, 0.2) is 24.3 Å². The van der Waals surface area contributed by atoms with Crippen molar-refractivity contribution < 1.29 is 28.8 Å². The number of hydrogen-bond donors (Lipinski definition) is 0. The first-order valence-electron chi connectivity index (χ1n) is 10.1. The number of rotatable bonds is 3. The van der Waals surface area contributed by atoms with Gasteiger partial charge in [-0.05, 0) is 44.9 Å². The van der Waals surface area contributed by atoms with Gasteiger partial charge < -0.3 is 14.2 Å². The van der Waals surface area contributed by atoms with Crippen molar-refractivity contribution in [3.8, 4) is 0 Å². The van der Waals surface area contributed by atoms with Crippen LogP contribution in [0, 0.1) is 23.7 Å². The van der Waals surface area contributed by atoms with Crippen molar-refractivity contribution in [3.63, 3.8) is 0 Å². The average molecular weight is 378 g/mol. The van der Waals surface area contributed by atoms with E-state index in [2.05, 4.69) is 13.8 Å². The molecule has 27 heavy (non-hydrogen) atoms. The van der Waals surface area contributed by atoms with E-state index in [0.717, 1.165) is 25.7 Å². The second kappa shape index (κ2) is 6.99. The van der Waals surface area contributed by atoms with E-state index in [0.29, 0.717) is 11.8 Å². The Hall–Kier alpha value is -1.21. The first kappa shape index (κ1) is 19.1. The number of esters is 1. The minimum Gasteiger partial charge on any atom is -0.432 e. The summed E-state index contributed by atoms with van der Waals surface area (Å²) in [6, 6.07) is 0. The highest BCUT2D eigenvalue weighted by atomic mass is 17.3. The SMILES string of the molecule is C/C=C/C=C/C(=O)O[C@@H]1OC2O[C@@]3(C)CC[C@H]4C(C)CCC([C@H]1C)[C@@]24OO3. The number of carbonyl (C=O) groups excluding carboxylic acids is 1. The molecule has 3 unspecified atom stereocenters. The van der Waals surface area contributed by atoms with Gasteiger partial charge in [-0.2, -0.15) is 0 Å². The lowest BCUT2D eigenvalue weighted by Gasteiger charge is -2.59. The topological polar surface area (TPSA) is 63.2 Å². The number of fused-ring (bicyclic) bond motifs is 2. The molecule has 4 aliphatic heterocycles. The molecule has 0 amide bonds. The van der Waals surface area contributed by atoms with Gasteiger partial charge in [-0.1, -0.05) is 32.1 Å². The Labute approximate surface area is 160 Å². The van der Waals surface area contributed by atoms with Crippen molar-refractivity contribution in [2.75, 3.05) is 0 Å². The van der Waals surface area contributed by atoms with E-state index in [1.54, 1.807) is 12.2 Å². The Kier molecular flexibility index (Phi) is 4.95. The molecule has 5 fully saturated rings. The number of allylic oxidation sites excluding steroid dienone is 3. The van der Waals surface area contributed by atoms with Crippen LogP contribution in [0.25, 0.3) is 0 Å². The molecule has 2 bridgehead atoms. The summed E-state index contributed by atoms with van der Waals surface area (Å²) in [6.45, 7) is 8.13. The lowest BCUT2D eigenvalue weighted by atomic mass is 9.58. The van der Waals surface area contributed by atoms with Crippen LogP contribution < -0.4 is 0 Å². The predicted molar refractivity (Wildman–Crippen MR) is 96.9 cm³/mol. The Bertz CT molecular complexity index is 645. The third-order valence-corrected chi connectivity index (χ3v) is 6.87. The van der Waals surface area contributed by atoms with Gasteiger partial charge in [-0.15, -0.1) is 0 Å². The van der Waals surface area contributed by atoms with E-state index in [4.69, 9.17) is 24.0 Å². The minimum absolute atomic E-state index is 0.00928. The molecule has 150 valence electrons. The fourth-order valence-electron chi connectivity index (χ4n) is 5.41. The number of hydrogen-bond acceptors (Lipinski definition) is 6. The maximum Gasteiger partial charge on any atom is 0.333 e.